The van der Waals surface area contributed by atoms with Gasteiger partial charge in [0.05, 0.1) is 12.4 Å². The zero-order chi connectivity index (χ0) is 18.2. The van der Waals surface area contributed by atoms with Gasteiger partial charge >= 0.3 is 0 Å². The van der Waals surface area contributed by atoms with Crippen LogP contribution in [0.5, 0.6) is 0 Å². The summed E-state index contributed by atoms with van der Waals surface area (Å²) in [5.41, 5.74) is 1.28. The van der Waals surface area contributed by atoms with Crippen molar-refractivity contribution in [2.24, 2.45) is 0 Å². The van der Waals surface area contributed by atoms with Crippen LogP contribution in [0, 0.1) is 0 Å². The SMILES string of the molecule is C=C(CCN(Cc1ccccc1)c1nccs1)OCC.CC.CC. The van der Waals surface area contributed by atoms with E-state index < -0.39 is 0 Å². The Kier molecular flexibility index (Phi) is 13.6. The van der Waals surface area contributed by atoms with Crippen LogP contribution in [-0.4, -0.2) is 18.1 Å². The molecule has 0 atom stereocenters. The molecule has 0 spiro atoms. The maximum Gasteiger partial charge on any atom is 0.185 e. The molecule has 1 heterocycles. The Balaban J connectivity index is 0.00000123. The van der Waals surface area contributed by atoms with Crippen LogP contribution in [0.4, 0.5) is 5.13 Å². The van der Waals surface area contributed by atoms with Gasteiger partial charge in [-0.05, 0) is 12.5 Å². The molecule has 0 aliphatic rings. The Morgan fingerprint density at radius 3 is 2.38 bits per heavy atom. The van der Waals surface area contributed by atoms with E-state index in [4.69, 9.17) is 4.74 Å². The first-order valence-electron chi connectivity index (χ1n) is 8.78. The summed E-state index contributed by atoms with van der Waals surface area (Å²) >= 11 is 1.66. The van der Waals surface area contributed by atoms with Crippen LogP contribution in [0.15, 0.2) is 54.2 Å². The highest BCUT2D eigenvalue weighted by Gasteiger charge is 2.10. The van der Waals surface area contributed by atoms with E-state index >= 15 is 0 Å². The van der Waals surface area contributed by atoms with Gasteiger partial charge in [-0.2, -0.15) is 0 Å². The Labute approximate surface area is 152 Å². The second-order valence-corrected chi connectivity index (χ2v) is 5.32. The summed E-state index contributed by atoms with van der Waals surface area (Å²) in [6, 6.07) is 10.4. The third-order valence-corrected chi connectivity index (χ3v) is 3.75. The van der Waals surface area contributed by atoms with E-state index in [1.807, 2.05) is 52.3 Å². The molecule has 2 rings (SSSR count). The average Bonchev–Trinajstić information content (AvgIpc) is 3.18. The first-order valence-corrected chi connectivity index (χ1v) is 9.66. The van der Waals surface area contributed by atoms with Crippen LogP contribution >= 0.6 is 11.3 Å². The fourth-order valence-electron chi connectivity index (χ4n) is 1.95. The van der Waals surface area contributed by atoms with E-state index in [1.165, 1.54) is 5.56 Å². The molecule has 0 aliphatic heterocycles. The highest BCUT2D eigenvalue weighted by molar-refractivity contribution is 7.13. The number of benzene rings is 1. The molecule has 134 valence electrons. The van der Waals surface area contributed by atoms with Crippen molar-refractivity contribution in [3.63, 3.8) is 0 Å². The van der Waals surface area contributed by atoms with Crippen molar-refractivity contribution in [1.29, 1.82) is 0 Å². The lowest BCUT2D eigenvalue weighted by Crippen LogP contribution is -2.24. The minimum absolute atomic E-state index is 0.675. The zero-order valence-electron chi connectivity index (χ0n) is 15.8. The first kappa shape index (κ1) is 22.2. The predicted molar refractivity (Wildman–Crippen MR) is 108 cm³/mol. The summed E-state index contributed by atoms with van der Waals surface area (Å²) in [7, 11) is 0. The number of hydrogen-bond donors (Lipinski definition) is 0. The smallest absolute Gasteiger partial charge is 0.185 e. The standard InChI is InChI=1S/C16H20N2OS.2C2H6/c1-3-19-14(2)9-11-18(16-17-10-12-20-16)13-15-7-5-4-6-8-15;2*1-2/h4-8,10,12H,2-3,9,11,13H2,1H3;2*1-2H3. The highest BCUT2D eigenvalue weighted by Crippen LogP contribution is 2.21. The number of anilines is 1. The zero-order valence-corrected chi connectivity index (χ0v) is 16.6. The maximum atomic E-state index is 5.42. The van der Waals surface area contributed by atoms with E-state index in [0.717, 1.165) is 30.4 Å². The van der Waals surface area contributed by atoms with Crippen LogP contribution in [0.3, 0.4) is 0 Å². The van der Waals surface area contributed by atoms with Crippen LogP contribution in [-0.2, 0) is 11.3 Å². The van der Waals surface area contributed by atoms with Crippen molar-refractivity contribution in [3.8, 4) is 0 Å². The Hall–Kier alpha value is -1.81. The van der Waals surface area contributed by atoms with Gasteiger partial charge in [-0.1, -0.05) is 64.6 Å². The van der Waals surface area contributed by atoms with Crippen LogP contribution in [0.1, 0.15) is 46.6 Å². The van der Waals surface area contributed by atoms with E-state index in [2.05, 4.69) is 40.7 Å². The molecule has 0 bridgehead atoms. The summed E-state index contributed by atoms with van der Waals surface area (Å²) in [5, 5.41) is 3.04. The molecule has 24 heavy (non-hydrogen) atoms. The van der Waals surface area contributed by atoms with Crippen molar-refractivity contribution >= 4 is 16.5 Å². The molecule has 0 saturated heterocycles. The van der Waals surface area contributed by atoms with Gasteiger partial charge in [-0.15, -0.1) is 11.3 Å². The number of ether oxygens (including phenoxy) is 1. The summed E-state index contributed by atoms with van der Waals surface area (Å²) in [4.78, 5) is 6.68. The molecule has 1 aromatic heterocycles. The maximum absolute atomic E-state index is 5.42. The lowest BCUT2D eigenvalue weighted by atomic mass is 10.2. The second-order valence-electron chi connectivity index (χ2n) is 4.44. The van der Waals surface area contributed by atoms with E-state index in [-0.39, 0.29) is 0 Å². The molecular formula is C20H32N2OS. The molecule has 0 unspecified atom stereocenters. The summed E-state index contributed by atoms with van der Waals surface area (Å²) in [5.74, 6) is 0.835. The Morgan fingerprint density at radius 2 is 1.83 bits per heavy atom. The van der Waals surface area contributed by atoms with Gasteiger partial charge in [-0.3, -0.25) is 0 Å². The van der Waals surface area contributed by atoms with Gasteiger partial charge < -0.3 is 9.64 Å². The fourth-order valence-corrected chi connectivity index (χ4v) is 2.62. The molecule has 4 heteroatoms. The Morgan fingerprint density at radius 1 is 1.17 bits per heavy atom. The third-order valence-electron chi connectivity index (χ3n) is 2.92. The van der Waals surface area contributed by atoms with Gasteiger partial charge in [0.2, 0.25) is 0 Å². The van der Waals surface area contributed by atoms with Gasteiger partial charge in [0.1, 0.15) is 0 Å². The number of hydrogen-bond acceptors (Lipinski definition) is 4. The largest absolute Gasteiger partial charge is 0.499 e. The topological polar surface area (TPSA) is 25.4 Å². The molecular weight excluding hydrogens is 316 g/mol. The van der Waals surface area contributed by atoms with Crippen LogP contribution < -0.4 is 4.90 Å². The van der Waals surface area contributed by atoms with Crippen LogP contribution in [0.25, 0.3) is 0 Å². The van der Waals surface area contributed by atoms with Gasteiger partial charge in [0.25, 0.3) is 0 Å². The number of aromatic nitrogens is 1. The van der Waals surface area contributed by atoms with E-state index in [1.54, 1.807) is 11.3 Å². The van der Waals surface area contributed by atoms with Crippen molar-refractivity contribution in [3.05, 3.63) is 59.8 Å². The first-order chi connectivity index (χ1) is 11.8. The minimum Gasteiger partial charge on any atom is -0.499 e. The second kappa shape index (κ2) is 14.8. The Bertz CT molecular complexity index is 512. The van der Waals surface area contributed by atoms with E-state index in [0.29, 0.717) is 6.61 Å². The average molecular weight is 349 g/mol. The number of nitrogens with zero attached hydrogens (tertiary/aromatic N) is 2. The fraction of sp³-hybridized carbons (Fsp3) is 0.450. The molecule has 3 nitrogen and oxygen atoms in total. The lowest BCUT2D eigenvalue weighted by molar-refractivity contribution is 0.221. The molecule has 2 aromatic rings. The highest BCUT2D eigenvalue weighted by atomic mass is 32.1. The predicted octanol–water partition coefficient (Wildman–Crippen LogP) is 6.14. The van der Waals surface area contributed by atoms with Crippen molar-refractivity contribution in [2.45, 2.75) is 47.6 Å². The summed E-state index contributed by atoms with van der Waals surface area (Å²) in [6.45, 7) is 16.3. The van der Waals surface area contributed by atoms with Crippen LogP contribution in [0.2, 0.25) is 0 Å². The van der Waals surface area contributed by atoms with Crippen molar-refractivity contribution < 1.29 is 4.74 Å². The molecule has 0 radical (unpaired) electrons. The van der Waals surface area contributed by atoms with Crippen molar-refractivity contribution in [1.82, 2.24) is 4.98 Å². The molecule has 0 N–H and O–H groups in total. The van der Waals surface area contributed by atoms with Gasteiger partial charge in [0, 0.05) is 31.1 Å². The monoisotopic (exact) mass is 348 g/mol. The van der Waals surface area contributed by atoms with Crippen molar-refractivity contribution in [2.75, 3.05) is 18.1 Å². The van der Waals surface area contributed by atoms with Gasteiger partial charge in [0.15, 0.2) is 5.13 Å². The lowest BCUT2D eigenvalue weighted by Gasteiger charge is -2.22. The number of rotatable bonds is 8. The molecule has 0 aliphatic carbocycles. The van der Waals surface area contributed by atoms with E-state index in [9.17, 15) is 0 Å². The minimum atomic E-state index is 0.675. The summed E-state index contributed by atoms with van der Waals surface area (Å²) in [6.07, 6.45) is 2.66. The quantitative estimate of drug-likeness (QED) is 0.536. The molecule has 0 amide bonds. The molecule has 0 saturated carbocycles. The normalized spacial score (nSPS) is 9.04. The third kappa shape index (κ3) is 8.73. The summed E-state index contributed by atoms with van der Waals surface area (Å²) < 4.78 is 5.42. The molecule has 1 aromatic carbocycles. The molecule has 0 fully saturated rings. The van der Waals surface area contributed by atoms with Gasteiger partial charge in [-0.25, -0.2) is 4.98 Å². The number of thiazole rings is 1.